The maximum atomic E-state index is 3.72. The van der Waals surface area contributed by atoms with Crippen LogP contribution in [-0.2, 0) is 26.2 Å². The van der Waals surface area contributed by atoms with Gasteiger partial charge in [0.05, 0.1) is 0 Å². The van der Waals surface area contributed by atoms with Crippen molar-refractivity contribution in [2.45, 2.75) is 65.2 Å². The molecule has 0 fully saturated rings. The third-order valence-corrected chi connectivity index (χ3v) is 4.82. The van der Waals surface area contributed by atoms with Crippen LogP contribution in [0.15, 0.2) is 96.1 Å². The molecule has 2 aromatic carbocycles. The quantitative estimate of drug-likeness (QED) is 0.336. The molecule has 2 aliphatic carbocycles. The van der Waals surface area contributed by atoms with Crippen molar-refractivity contribution in [2.75, 3.05) is 0 Å². The van der Waals surface area contributed by atoms with Crippen molar-refractivity contribution < 1.29 is 26.2 Å². The minimum atomic E-state index is 0. The summed E-state index contributed by atoms with van der Waals surface area (Å²) in [6.45, 7) is 11.9. The summed E-state index contributed by atoms with van der Waals surface area (Å²) >= 11 is 0. The molecule has 0 aliphatic heterocycles. The normalized spacial score (nSPS) is 12.5. The van der Waals surface area contributed by atoms with Crippen LogP contribution in [0.3, 0.4) is 0 Å². The molecule has 0 N–H and O–H groups in total. The maximum absolute atomic E-state index is 3.72. The first-order valence-corrected chi connectivity index (χ1v) is 11.9. The van der Waals surface area contributed by atoms with E-state index in [2.05, 4.69) is 64.2 Å². The van der Waals surface area contributed by atoms with Crippen LogP contribution >= 0.6 is 0 Å². The average molecular weight is 516 g/mol. The average Bonchev–Trinajstić information content (AvgIpc) is 3.53. The van der Waals surface area contributed by atoms with Crippen molar-refractivity contribution in [3.05, 3.63) is 133 Å². The van der Waals surface area contributed by atoms with Crippen molar-refractivity contribution in [3.8, 4) is 0 Å². The Morgan fingerprint density at radius 2 is 1.00 bits per heavy atom. The molecule has 0 radical (unpaired) electrons. The van der Waals surface area contributed by atoms with E-state index in [9.17, 15) is 0 Å². The Kier molecular flexibility index (Phi) is 20.5. The van der Waals surface area contributed by atoms with E-state index >= 15 is 0 Å². The van der Waals surface area contributed by atoms with Crippen molar-refractivity contribution >= 4 is 0 Å². The van der Waals surface area contributed by atoms with Crippen LogP contribution in [0.2, 0.25) is 0 Å². The molecule has 172 valence electrons. The molecule has 0 unspecified atom stereocenters. The monoisotopic (exact) mass is 514 g/mol. The van der Waals surface area contributed by atoms with Gasteiger partial charge in [-0.15, -0.1) is 37.1 Å². The van der Waals surface area contributed by atoms with E-state index in [1.807, 2.05) is 60.7 Å². The Morgan fingerprint density at radius 3 is 1.21 bits per heavy atom. The summed E-state index contributed by atoms with van der Waals surface area (Å²) in [5, 5.41) is 0. The molecule has 0 saturated carbocycles. The Balaban J connectivity index is 0.000000412. The van der Waals surface area contributed by atoms with Gasteiger partial charge >= 0.3 is 26.2 Å². The molecule has 0 aromatic heterocycles. The Hall–Kier alpha value is -1.98. The maximum Gasteiger partial charge on any atom is 4.00 e. The number of benzene rings is 2. The van der Waals surface area contributed by atoms with Crippen molar-refractivity contribution in [3.63, 3.8) is 0 Å². The zero-order chi connectivity index (χ0) is 23.3. The number of rotatable bonds is 6. The van der Waals surface area contributed by atoms with Crippen LogP contribution in [-0.4, -0.2) is 0 Å². The van der Waals surface area contributed by atoms with E-state index in [1.165, 1.54) is 49.7 Å². The van der Waals surface area contributed by atoms with Crippen LogP contribution in [0, 0.1) is 26.0 Å². The van der Waals surface area contributed by atoms with Gasteiger partial charge in [-0.05, 0) is 0 Å². The number of unbranched alkanes of at least 4 members (excludes halogenated alkanes) is 2. The van der Waals surface area contributed by atoms with Gasteiger partial charge in [-0.3, -0.25) is 12.2 Å². The van der Waals surface area contributed by atoms with E-state index in [1.54, 1.807) is 0 Å². The molecular formula is C32H40Zr. The standard InChI is InChI=1S/2C9H13.2C7H7.Zr/c2*1-2-3-6-9-7-4-5-8-9;2*1-7-5-3-2-4-6-7;/h2*4,7H,2-3,5-6H2,1H3;2*2-6H,1H2;/q4*-1;+4. The second-order valence-corrected chi connectivity index (χ2v) is 7.80. The Morgan fingerprint density at radius 1 is 0.636 bits per heavy atom. The first-order chi connectivity index (χ1) is 15.7. The van der Waals surface area contributed by atoms with E-state index in [0.29, 0.717) is 0 Å². The molecule has 2 aromatic rings. The van der Waals surface area contributed by atoms with E-state index in [0.717, 1.165) is 24.0 Å². The zero-order valence-electron chi connectivity index (χ0n) is 20.7. The zero-order valence-corrected chi connectivity index (χ0v) is 23.1. The molecule has 1 heteroatoms. The summed E-state index contributed by atoms with van der Waals surface area (Å²) in [6, 6.07) is 19.7. The van der Waals surface area contributed by atoms with Gasteiger partial charge in [0.25, 0.3) is 0 Å². The fourth-order valence-corrected chi connectivity index (χ4v) is 2.93. The predicted molar refractivity (Wildman–Crippen MR) is 142 cm³/mol. The van der Waals surface area contributed by atoms with Gasteiger partial charge in [-0.1, -0.05) is 64.5 Å². The third-order valence-electron chi connectivity index (χ3n) is 4.82. The van der Waals surface area contributed by atoms with Gasteiger partial charge in [-0.2, -0.15) is 61.4 Å². The van der Waals surface area contributed by atoms with E-state index in [4.69, 9.17) is 0 Å². The van der Waals surface area contributed by atoms with Crippen LogP contribution in [0.5, 0.6) is 0 Å². The van der Waals surface area contributed by atoms with Crippen molar-refractivity contribution in [1.29, 1.82) is 0 Å². The Bertz CT molecular complexity index is 739. The van der Waals surface area contributed by atoms with Crippen LogP contribution in [0.25, 0.3) is 0 Å². The van der Waals surface area contributed by atoms with Gasteiger partial charge in [0.2, 0.25) is 0 Å². The van der Waals surface area contributed by atoms with E-state index in [-0.39, 0.29) is 26.2 Å². The summed E-state index contributed by atoms with van der Waals surface area (Å²) in [6.07, 6.45) is 25.1. The number of hydrogen-bond acceptors (Lipinski definition) is 0. The fraction of sp³-hybridized carbons (Fsp3) is 0.312. The van der Waals surface area contributed by atoms with Gasteiger partial charge in [0.1, 0.15) is 0 Å². The molecule has 0 spiro atoms. The van der Waals surface area contributed by atoms with Gasteiger partial charge in [0.15, 0.2) is 0 Å². The predicted octanol–water partition coefficient (Wildman–Crippen LogP) is 9.47. The number of hydrogen-bond donors (Lipinski definition) is 0. The fourth-order valence-electron chi connectivity index (χ4n) is 2.93. The SMILES string of the molecule is CCCCC1=[C-]CC=C1.CCCCC1=[C-]CC=C1.[CH2-]c1ccccc1.[CH2-]c1ccccc1.[Zr+4]. The summed E-state index contributed by atoms with van der Waals surface area (Å²) in [5.74, 6) is 0. The van der Waals surface area contributed by atoms with Crippen LogP contribution < -0.4 is 0 Å². The first kappa shape index (κ1) is 31.0. The molecule has 0 bridgehead atoms. The van der Waals surface area contributed by atoms with Crippen LogP contribution in [0.1, 0.15) is 76.3 Å². The Labute approximate surface area is 223 Å². The molecule has 0 amide bonds. The first-order valence-electron chi connectivity index (χ1n) is 11.9. The largest absolute Gasteiger partial charge is 4.00 e. The third kappa shape index (κ3) is 18.2. The number of allylic oxidation sites excluding steroid dienone is 8. The molecule has 0 heterocycles. The molecule has 33 heavy (non-hydrogen) atoms. The molecule has 2 aliphatic rings. The van der Waals surface area contributed by atoms with Crippen molar-refractivity contribution in [2.24, 2.45) is 0 Å². The van der Waals surface area contributed by atoms with E-state index < -0.39 is 0 Å². The molecular weight excluding hydrogens is 476 g/mol. The summed E-state index contributed by atoms with van der Waals surface area (Å²) in [4.78, 5) is 0. The second kappa shape index (κ2) is 21.8. The summed E-state index contributed by atoms with van der Waals surface area (Å²) in [5.41, 5.74) is 4.97. The van der Waals surface area contributed by atoms with Gasteiger partial charge < -0.3 is 0 Å². The smallest absolute Gasteiger partial charge is 0.269 e. The summed E-state index contributed by atoms with van der Waals surface area (Å²) < 4.78 is 0. The molecule has 0 atom stereocenters. The molecule has 0 nitrogen and oxygen atoms in total. The minimum absolute atomic E-state index is 0. The second-order valence-electron chi connectivity index (χ2n) is 7.80. The molecule has 4 rings (SSSR count). The molecule has 0 saturated heterocycles. The summed E-state index contributed by atoms with van der Waals surface area (Å²) in [7, 11) is 0. The topological polar surface area (TPSA) is 0 Å². The van der Waals surface area contributed by atoms with Crippen molar-refractivity contribution in [1.82, 2.24) is 0 Å². The van der Waals surface area contributed by atoms with Gasteiger partial charge in [0, 0.05) is 0 Å². The minimum Gasteiger partial charge on any atom is -0.269 e. The van der Waals surface area contributed by atoms with Crippen LogP contribution in [0.4, 0.5) is 0 Å². The van der Waals surface area contributed by atoms with Gasteiger partial charge in [-0.25, -0.2) is 23.3 Å².